The van der Waals surface area contributed by atoms with Crippen LogP contribution >= 0.6 is 11.6 Å². The predicted molar refractivity (Wildman–Crippen MR) is 76.2 cm³/mol. The van der Waals surface area contributed by atoms with Gasteiger partial charge in [0.25, 0.3) is 0 Å². The summed E-state index contributed by atoms with van der Waals surface area (Å²) in [5.74, 6) is -0.204. The third-order valence-electron chi connectivity index (χ3n) is 3.26. The molecule has 0 bridgehead atoms. The first-order chi connectivity index (χ1) is 9.63. The van der Waals surface area contributed by atoms with Gasteiger partial charge in [0.2, 0.25) is 0 Å². The van der Waals surface area contributed by atoms with Gasteiger partial charge in [0.15, 0.2) is 0 Å². The van der Waals surface area contributed by atoms with Crippen LogP contribution in [-0.2, 0) is 16.1 Å². The van der Waals surface area contributed by atoms with Crippen molar-refractivity contribution < 1.29 is 9.53 Å². The first kappa shape index (κ1) is 14.8. The van der Waals surface area contributed by atoms with Crippen LogP contribution in [0.2, 0.25) is 5.02 Å². The lowest BCUT2D eigenvalue weighted by molar-refractivity contribution is -0.144. The largest absolute Gasteiger partial charge is 0.465 e. The van der Waals surface area contributed by atoms with Gasteiger partial charge in [0.05, 0.1) is 24.8 Å². The fraction of sp³-hybridized carbons (Fsp3) is 0.467. The number of rotatable bonds is 6. The summed E-state index contributed by atoms with van der Waals surface area (Å²) in [5, 5.41) is 9.40. The van der Waals surface area contributed by atoms with E-state index in [1.54, 1.807) is 19.1 Å². The maximum atomic E-state index is 11.6. The van der Waals surface area contributed by atoms with Crippen LogP contribution in [0.4, 0.5) is 0 Å². The van der Waals surface area contributed by atoms with Crippen LogP contribution in [0, 0.1) is 11.3 Å². The number of nitrogens with zero attached hydrogens (tertiary/aromatic N) is 2. The van der Waals surface area contributed by atoms with E-state index in [1.165, 1.54) is 0 Å². The highest BCUT2D eigenvalue weighted by atomic mass is 35.5. The molecule has 4 nitrogen and oxygen atoms in total. The molecule has 1 aliphatic carbocycles. The van der Waals surface area contributed by atoms with Gasteiger partial charge in [-0.05, 0) is 37.5 Å². The fourth-order valence-electron chi connectivity index (χ4n) is 2.09. The van der Waals surface area contributed by atoms with E-state index >= 15 is 0 Å². The highest BCUT2D eigenvalue weighted by molar-refractivity contribution is 6.31. The van der Waals surface area contributed by atoms with Crippen molar-refractivity contribution in [3.05, 3.63) is 34.3 Å². The van der Waals surface area contributed by atoms with Crippen LogP contribution < -0.4 is 0 Å². The Balaban J connectivity index is 2.05. The van der Waals surface area contributed by atoms with Crippen molar-refractivity contribution in [2.24, 2.45) is 0 Å². The quantitative estimate of drug-likeness (QED) is 0.757. The Labute approximate surface area is 123 Å². The van der Waals surface area contributed by atoms with E-state index in [1.807, 2.05) is 6.07 Å². The Morgan fingerprint density at radius 2 is 2.30 bits per heavy atom. The third-order valence-corrected chi connectivity index (χ3v) is 3.61. The number of carbonyl (C=O) groups is 1. The highest BCUT2D eigenvalue weighted by Crippen LogP contribution is 2.29. The molecule has 2 rings (SSSR count). The second kappa shape index (κ2) is 6.74. The lowest BCUT2D eigenvalue weighted by atomic mass is 10.1. The zero-order valence-corrected chi connectivity index (χ0v) is 12.2. The molecule has 0 aromatic heterocycles. The molecule has 0 spiro atoms. The molecule has 106 valence electrons. The molecule has 0 heterocycles. The molecule has 0 aliphatic heterocycles. The molecule has 1 aromatic carbocycles. The topological polar surface area (TPSA) is 53.3 Å². The number of ether oxygens (including phenoxy) is 1. The standard InChI is InChI=1S/C15H17ClN2O2/c1-2-20-15(19)10-18(13-5-6-13)9-12-4-3-11(8-17)7-14(12)16/h3-4,7,13H,2,5-6,9-10H2,1H3. The van der Waals surface area contributed by atoms with Gasteiger partial charge >= 0.3 is 5.97 Å². The maximum absolute atomic E-state index is 11.6. The number of hydrogen-bond donors (Lipinski definition) is 0. The number of halogens is 1. The second-order valence-electron chi connectivity index (χ2n) is 4.86. The average Bonchev–Trinajstić information content (AvgIpc) is 3.24. The van der Waals surface area contributed by atoms with Gasteiger partial charge < -0.3 is 4.74 Å². The molecular formula is C15H17ClN2O2. The summed E-state index contributed by atoms with van der Waals surface area (Å²) in [6, 6.07) is 7.75. The van der Waals surface area contributed by atoms with E-state index in [4.69, 9.17) is 21.6 Å². The van der Waals surface area contributed by atoms with Crippen LogP contribution in [-0.4, -0.2) is 30.1 Å². The zero-order valence-electron chi connectivity index (χ0n) is 11.4. The molecule has 1 saturated carbocycles. The van der Waals surface area contributed by atoms with Gasteiger partial charge in [-0.25, -0.2) is 0 Å². The van der Waals surface area contributed by atoms with Crippen molar-refractivity contribution in [3.8, 4) is 6.07 Å². The first-order valence-electron chi connectivity index (χ1n) is 6.72. The van der Waals surface area contributed by atoms with Gasteiger partial charge in [0, 0.05) is 17.6 Å². The minimum atomic E-state index is -0.204. The molecule has 5 heteroatoms. The SMILES string of the molecule is CCOC(=O)CN(Cc1ccc(C#N)cc1Cl)C1CC1. The first-order valence-corrected chi connectivity index (χ1v) is 7.10. The summed E-state index contributed by atoms with van der Waals surface area (Å²) >= 11 is 6.18. The van der Waals surface area contributed by atoms with Gasteiger partial charge in [-0.2, -0.15) is 5.26 Å². The van der Waals surface area contributed by atoms with Crippen molar-refractivity contribution in [3.63, 3.8) is 0 Å². The van der Waals surface area contributed by atoms with Crippen molar-refractivity contribution >= 4 is 17.6 Å². The molecule has 0 unspecified atom stereocenters. The van der Waals surface area contributed by atoms with Crippen LogP contribution in [0.25, 0.3) is 0 Å². The number of nitriles is 1. The molecule has 0 atom stereocenters. The minimum Gasteiger partial charge on any atom is -0.465 e. The Bertz CT molecular complexity index is 535. The van der Waals surface area contributed by atoms with E-state index in [0.717, 1.165) is 18.4 Å². The van der Waals surface area contributed by atoms with Crippen LogP contribution in [0.5, 0.6) is 0 Å². The van der Waals surface area contributed by atoms with Crippen molar-refractivity contribution in [1.29, 1.82) is 5.26 Å². The predicted octanol–water partition coefficient (Wildman–Crippen LogP) is 2.74. The lowest BCUT2D eigenvalue weighted by Crippen LogP contribution is -2.32. The lowest BCUT2D eigenvalue weighted by Gasteiger charge is -2.21. The monoisotopic (exact) mass is 292 g/mol. The van der Waals surface area contributed by atoms with Gasteiger partial charge in [-0.3, -0.25) is 9.69 Å². The van der Waals surface area contributed by atoms with Crippen molar-refractivity contribution in [2.75, 3.05) is 13.2 Å². The molecule has 20 heavy (non-hydrogen) atoms. The van der Waals surface area contributed by atoms with Gasteiger partial charge in [0.1, 0.15) is 0 Å². The van der Waals surface area contributed by atoms with E-state index in [-0.39, 0.29) is 12.5 Å². The van der Waals surface area contributed by atoms with E-state index in [9.17, 15) is 4.79 Å². The number of carbonyl (C=O) groups excluding carboxylic acids is 1. The van der Waals surface area contributed by atoms with Crippen molar-refractivity contribution in [2.45, 2.75) is 32.4 Å². The molecular weight excluding hydrogens is 276 g/mol. The smallest absolute Gasteiger partial charge is 0.320 e. The molecule has 0 amide bonds. The molecule has 0 saturated heterocycles. The minimum absolute atomic E-state index is 0.204. The molecule has 0 radical (unpaired) electrons. The molecule has 0 N–H and O–H groups in total. The number of hydrogen-bond acceptors (Lipinski definition) is 4. The molecule has 1 aromatic rings. The Morgan fingerprint density at radius 1 is 1.55 bits per heavy atom. The Kier molecular flexibility index (Phi) is 4.99. The summed E-state index contributed by atoms with van der Waals surface area (Å²) in [6.45, 7) is 3.09. The summed E-state index contributed by atoms with van der Waals surface area (Å²) in [5.41, 5.74) is 1.48. The summed E-state index contributed by atoms with van der Waals surface area (Å²) in [7, 11) is 0. The number of benzene rings is 1. The Morgan fingerprint density at radius 3 is 2.85 bits per heavy atom. The highest BCUT2D eigenvalue weighted by Gasteiger charge is 2.31. The molecule has 1 fully saturated rings. The zero-order chi connectivity index (χ0) is 14.5. The normalized spacial score (nSPS) is 14.1. The second-order valence-corrected chi connectivity index (χ2v) is 5.27. The van der Waals surface area contributed by atoms with Crippen LogP contribution in [0.1, 0.15) is 30.9 Å². The van der Waals surface area contributed by atoms with E-state index in [2.05, 4.69) is 11.0 Å². The third kappa shape index (κ3) is 3.96. The average molecular weight is 293 g/mol. The number of esters is 1. The van der Waals surface area contributed by atoms with Crippen molar-refractivity contribution in [1.82, 2.24) is 4.90 Å². The molecule has 1 aliphatic rings. The van der Waals surface area contributed by atoms with Gasteiger partial charge in [-0.15, -0.1) is 0 Å². The Hall–Kier alpha value is -1.57. The van der Waals surface area contributed by atoms with E-state index < -0.39 is 0 Å². The summed E-state index contributed by atoms with van der Waals surface area (Å²) < 4.78 is 5.00. The van der Waals surface area contributed by atoms with Gasteiger partial charge in [-0.1, -0.05) is 17.7 Å². The van der Waals surface area contributed by atoms with Crippen LogP contribution in [0.3, 0.4) is 0 Å². The fourth-order valence-corrected chi connectivity index (χ4v) is 2.33. The summed E-state index contributed by atoms with van der Waals surface area (Å²) in [6.07, 6.45) is 2.21. The maximum Gasteiger partial charge on any atom is 0.320 e. The van der Waals surface area contributed by atoms with Crippen LogP contribution in [0.15, 0.2) is 18.2 Å². The van der Waals surface area contributed by atoms with E-state index in [0.29, 0.717) is 29.8 Å². The summed E-state index contributed by atoms with van der Waals surface area (Å²) in [4.78, 5) is 13.7.